The highest BCUT2D eigenvalue weighted by Crippen LogP contribution is 2.30. The summed E-state index contributed by atoms with van der Waals surface area (Å²) >= 11 is 0. The molecule has 3 N–H and O–H groups in total. The van der Waals surface area contributed by atoms with Gasteiger partial charge in [0.15, 0.2) is 11.5 Å². The predicted octanol–water partition coefficient (Wildman–Crippen LogP) is 3.29. The van der Waals surface area contributed by atoms with Crippen LogP contribution in [0.5, 0.6) is 0 Å². The quantitative estimate of drug-likeness (QED) is 0.383. The summed E-state index contributed by atoms with van der Waals surface area (Å²) in [5.41, 5.74) is 11.2. The van der Waals surface area contributed by atoms with Crippen molar-refractivity contribution >= 4 is 22.8 Å². The molecule has 0 aliphatic carbocycles. The zero-order valence-corrected chi connectivity index (χ0v) is 19.7. The van der Waals surface area contributed by atoms with Crippen LogP contribution >= 0.6 is 0 Å². The number of nitrogens with one attached hydrogen (secondary N) is 1. The van der Waals surface area contributed by atoms with Gasteiger partial charge in [0, 0.05) is 43.0 Å². The van der Waals surface area contributed by atoms with Gasteiger partial charge in [-0.1, -0.05) is 42.2 Å². The molecule has 4 aromatic heterocycles. The number of hydrogen-bond donors (Lipinski definition) is 2. The molecule has 9 heteroatoms. The van der Waals surface area contributed by atoms with Gasteiger partial charge in [-0.2, -0.15) is 5.10 Å². The highest BCUT2D eigenvalue weighted by Gasteiger charge is 2.21. The molecule has 0 aliphatic heterocycles. The van der Waals surface area contributed by atoms with Gasteiger partial charge in [-0.25, -0.2) is 15.0 Å². The maximum absolute atomic E-state index is 12.9. The standard InChI is InChI=1S/C27H22N8O/c1-17(33-27(36)25-26(28)31-13-12-30-25)21-14-22-24(34-23(21)19-6-4-3-5-7-19)20(10-11-29-22)9-8-18-15-32-35(2)16-18/h3-7,10-17H,1-2H3,(H2,28,31)(H,33,36)/t17-/m0/s1. The van der Waals surface area contributed by atoms with Gasteiger partial charge in [0.05, 0.1) is 34.6 Å². The summed E-state index contributed by atoms with van der Waals surface area (Å²) in [7, 11) is 1.85. The summed E-state index contributed by atoms with van der Waals surface area (Å²) in [6, 6.07) is 13.1. The molecule has 4 heterocycles. The Morgan fingerprint density at radius 1 is 1.06 bits per heavy atom. The minimum absolute atomic E-state index is 0.0700. The Bertz CT molecular complexity index is 1630. The van der Waals surface area contributed by atoms with Crippen LogP contribution in [0.2, 0.25) is 0 Å². The number of anilines is 1. The molecule has 0 radical (unpaired) electrons. The lowest BCUT2D eigenvalue weighted by Gasteiger charge is -2.19. The molecule has 5 rings (SSSR count). The maximum Gasteiger partial charge on any atom is 0.274 e. The van der Waals surface area contributed by atoms with Gasteiger partial charge >= 0.3 is 0 Å². The number of aromatic nitrogens is 6. The summed E-state index contributed by atoms with van der Waals surface area (Å²) in [6.07, 6.45) is 8.14. The largest absolute Gasteiger partial charge is 0.382 e. The molecular formula is C27H22N8O. The summed E-state index contributed by atoms with van der Waals surface area (Å²) in [5.74, 6) is 5.99. The Balaban J connectivity index is 1.59. The molecule has 0 saturated carbocycles. The van der Waals surface area contributed by atoms with Crippen molar-refractivity contribution < 1.29 is 4.79 Å². The smallest absolute Gasteiger partial charge is 0.274 e. The van der Waals surface area contributed by atoms with Crippen LogP contribution in [-0.2, 0) is 7.05 Å². The minimum atomic E-state index is -0.420. The number of rotatable bonds is 4. The normalized spacial score (nSPS) is 11.5. The van der Waals surface area contributed by atoms with Crippen LogP contribution in [0.4, 0.5) is 5.82 Å². The van der Waals surface area contributed by atoms with Gasteiger partial charge in [-0.05, 0) is 19.1 Å². The van der Waals surface area contributed by atoms with Crippen LogP contribution in [0.1, 0.15) is 40.1 Å². The fraction of sp³-hybridized carbons (Fsp3) is 0.111. The predicted molar refractivity (Wildman–Crippen MR) is 136 cm³/mol. The van der Waals surface area contributed by atoms with Crippen LogP contribution in [0.25, 0.3) is 22.3 Å². The summed E-state index contributed by atoms with van der Waals surface area (Å²) < 4.78 is 1.71. The van der Waals surface area contributed by atoms with Crippen molar-refractivity contribution in [1.82, 2.24) is 35.0 Å². The highest BCUT2D eigenvalue weighted by molar-refractivity contribution is 5.96. The Morgan fingerprint density at radius 2 is 1.86 bits per heavy atom. The van der Waals surface area contributed by atoms with Crippen LogP contribution < -0.4 is 11.1 Å². The SMILES string of the molecule is C[C@H](NC(=O)c1nccnc1N)c1cc2nccc(C#Cc3cnn(C)c3)c2nc1-c1ccccc1. The van der Waals surface area contributed by atoms with Gasteiger partial charge in [-0.3, -0.25) is 14.5 Å². The van der Waals surface area contributed by atoms with E-state index in [0.29, 0.717) is 11.0 Å². The third-order valence-electron chi connectivity index (χ3n) is 5.59. The lowest BCUT2D eigenvalue weighted by Crippen LogP contribution is -2.29. The van der Waals surface area contributed by atoms with E-state index in [1.165, 1.54) is 12.4 Å². The first-order chi connectivity index (χ1) is 17.5. The number of carbonyl (C=O) groups is 1. The molecule has 1 atom stereocenters. The van der Waals surface area contributed by atoms with Crippen molar-refractivity contribution in [3.8, 4) is 23.1 Å². The van der Waals surface area contributed by atoms with Crippen LogP contribution in [-0.4, -0.2) is 35.6 Å². The average molecular weight is 475 g/mol. The van der Waals surface area contributed by atoms with Crippen LogP contribution in [0.3, 0.4) is 0 Å². The van der Waals surface area contributed by atoms with Crippen LogP contribution in [0.15, 0.2) is 73.4 Å². The molecule has 0 fully saturated rings. The fourth-order valence-corrected chi connectivity index (χ4v) is 3.84. The molecule has 0 saturated heterocycles. The second-order valence-corrected chi connectivity index (χ2v) is 8.16. The monoisotopic (exact) mass is 474 g/mol. The second kappa shape index (κ2) is 9.64. The molecule has 1 aromatic carbocycles. The highest BCUT2D eigenvalue weighted by atomic mass is 16.2. The molecule has 5 aromatic rings. The summed E-state index contributed by atoms with van der Waals surface area (Å²) in [6.45, 7) is 1.88. The number of nitrogen functional groups attached to an aromatic ring is 1. The van der Waals surface area contributed by atoms with Crippen molar-refractivity contribution in [2.75, 3.05) is 5.73 Å². The molecule has 0 unspecified atom stereocenters. The molecule has 9 nitrogen and oxygen atoms in total. The summed E-state index contributed by atoms with van der Waals surface area (Å²) in [4.78, 5) is 30.4. The fourth-order valence-electron chi connectivity index (χ4n) is 3.84. The number of benzene rings is 1. The Kier molecular flexibility index (Phi) is 6.07. The number of fused-ring (bicyclic) bond motifs is 1. The molecule has 1 amide bonds. The number of hydrogen-bond acceptors (Lipinski definition) is 7. The number of aryl methyl sites for hydroxylation is 1. The lowest BCUT2D eigenvalue weighted by atomic mass is 9.99. The molecule has 0 bridgehead atoms. The van der Waals surface area contributed by atoms with Crippen molar-refractivity contribution in [1.29, 1.82) is 0 Å². The van der Waals surface area contributed by atoms with Crippen molar-refractivity contribution in [2.24, 2.45) is 7.05 Å². The topological polar surface area (TPSA) is 125 Å². The molecule has 0 spiro atoms. The van der Waals surface area contributed by atoms with Crippen molar-refractivity contribution in [2.45, 2.75) is 13.0 Å². The van der Waals surface area contributed by atoms with E-state index in [-0.39, 0.29) is 11.5 Å². The number of amides is 1. The molecule has 0 aliphatic rings. The maximum atomic E-state index is 12.9. The van der Waals surface area contributed by atoms with E-state index >= 15 is 0 Å². The molecular weight excluding hydrogens is 452 g/mol. The van der Waals surface area contributed by atoms with Crippen molar-refractivity contribution in [3.63, 3.8) is 0 Å². The third kappa shape index (κ3) is 4.60. The van der Waals surface area contributed by atoms with E-state index in [0.717, 1.165) is 27.9 Å². The van der Waals surface area contributed by atoms with E-state index in [1.807, 2.05) is 62.6 Å². The number of nitrogens with zero attached hydrogens (tertiary/aromatic N) is 6. The average Bonchev–Trinajstić information content (AvgIpc) is 3.32. The minimum Gasteiger partial charge on any atom is -0.382 e. The van der Waals surface area contributed by atoms with Gasteiger partial charge in [-0.15, -0.1) is 0 Å². The Hall–Kier alpha value is -5.10. The number of carbonyl (C=O) groups excluding carboxylic acids is 1. The number of nitrogens with two attached hydrogens (primary N) is 1. The second-order valence-electron chi connectivity index (χ2n) is 8.16. The van der Waals surface area contributed by atoms with E-state index in [4.69, 9.17) is 10.7 Å². The Labute approximate surface area is 207 Å². The van der Waals surface area contributed by atoms with Gasteiger partial charge < -0.3 is 11.1 Å². The Morgan fingerprint density at radius 3 is 2.61 bits per heavy atom. The van der Waals surface area contributed by atoms with Gasteiger partial charge in [0.2, 0.25) is 0 Å². The third-order valence-corrected chi connectivity index (χ3v) is 5.59. The first kappa shape index (κ1) is 22.7. The number of pyridine rings is 2. The first-order valence-corrected chi connectivity index (χ1v) is 11.2. The van der Waals surface area contributed by atoms with E-state index in [2.05, 4.69) is 37.2 Å². The van der Waals surface area contributed by atoms with Crippen LogP contribution in [0, 0.1) is 11.8 Å². The zero-order valence-electron chi connectivity index (χ0n) is 19.7. The lowest BCUT2D eigenvalue weighted by molar-refractivity contribution is 0.0935. The van der Waals surface area contributed by atoms with E-state index in [1.54, 1.807) is 17.1 Å². The molecule has 176 valence electrons. The van der Waals surface area contributed by atoms with Crippen molar-refractivity contribution in [3.05, 3.63) is 95.8 Å². The summed E-state index contributed by atoms with van der Waals surface area (Å²) in [5, 5.41) is 7.13. The molecule has 36 heavy (non-hydrogen) atoms. The van der Waals surface area contributed by atoms with E-state index in [9.17, 15) is 4.79 Å². The van der Waals surface area contributed by atoms with E-state index < -0.39 is 11.9 Å². The van der Waals surface area contributed by atoms with Gasteiger partial charge in [0.1, 0.15) is 5.52 Å². The first-order valence-electron chi connectivity index (χ1n) is 11.2. The van der Waals surface area contributed by atoms with Gasteiger partial charge in [0.25, 0.3) is 5.91 Å². The zero-order chi connectivity index (χ0) is 25.1.